The van der Waals surface area contributed by atoms with Crippen LogP contribution in [0.15, 0.2) is 84.2 Å². The van der Waals surface area contributed by atoms with Crippen LogP contribution in [0.2, 0.25) is 25.7 Å². The van der Waals surface area contributed by atoms with Gasteiger partial charge < -0.3 is 9.47 Å². The lowest BCUT2D eigenvalue weighted by atomic mass is 9.83. The van der Waals surface area contributed by atoms with Gasteiger partial charge in [0.05, 0.1) is 23.5 Å². The number of aromatic nitrogens is 3. The summed E-state index contributed by atoms with van der Waals surface area (Å²) in [4.78, 5) is 41.0. The number of halogens is 3. The van der Waals surface area contributed by atoms with Crippen LogP contribution in [0, 0.1) is 17.8 Å². The highest BCUT2D eigenvalue weighted by Crippen LogP contribution is 2.44. The molecule has 3 atom stereocenters. The molecular weight excluding hydrogens is 627 g/mol. The van der Waals surface area contributed by atoms with Gasteiger partial charge in [-0.05, 0) is 66.9 Å². The van der Waals surface area contributed by atoms with Crippen molar-refractivity contribution in [2.75, 3.05) is 6.61 Å². The Bertz CT molecular complexity index is 1840. The van der Waals surface area contributed by atoms with Crippen LogP contribution < -0.4 is 10.3 Å². The summed E-state index contributed by atoms with van der Waals surface area (Å²) in [6.45, 7) is 11.0. The number of allylic oxidation sites excluding steroid dienone is 1. The van der Waals surface area contributed by atoms with E-state index in [0.717, 1.165) is 34.5 Å². The monoisotopic (exact) mass is 663 g/mol. The van der Waals surface area contributed by atoms with Gasteiger partial charge in [-0.1, -0.05) is 61.8 Å². The van der Waals surface area contributed by atoms with Crippen LogP contribution in [0.4, 0.5) is 13.2 Å². The molecule has 246 valence electrons. The number of Topliss-reactive ketones (excluding diaryl/α,β-unsaturated/α-hetero) is 1. The normalized spacial score (nSPS) is 18.2. The number of rotatable bonds is 11. The number of ether oxygens (including phenoxy) is 2. The summed E-state index contributed by atoms with van der Waals surface area (Å²) < 4.78 is 52.6. The Morgan fingerprint density at radius 1 is 0.979 bits per heavy atom. The van der Waals surface area contributed by atoms with E-state index in [4.69, 9.17) is 9.47 Å². The largest absolute Gasteiger partial charge is 0.489 e. The fraction of sp³-hybridized carbons (Fsp3) is 0.343. The van der Waals surface area contributed by atoms with E-state index in [0.29, 0.717) is 30.8 Å². The topological polar surface area (TPSA) is 100 Å². The van der Waals surface area contributed by atoms with Gasteiger partial charge in [-0.3, -0.25) is 14.4 Å². The van der Waals surface area contributed by atoms with Crippen molar-refractivity contribution in [3.05, 3.63) is 106 Å². The summed E-state index contributed by atoms with van der Waals surface area (Å²) in [5.41, 5.74) is -0.414. The van der Waals surface area contributed by atoms with Gasteiger partial charge in [0, 0.05) is 31.2 Å². The molecule has 1 saturated carbocycles. The van der Waals surface area contributed by atoms with Gasteiger partial charge in [0.15, 0.2) is 5.78 Å². The number of ketones is 1. The number of esters is 1. The molecule has 5 rings (SSSR count). The second-order valence-electron chi connectivity index (χ2n) is 13.0. The Balaban J connectivity index is 1.41. The lowest BCUT2D eigenvalue weighted by Crippen LogP contribution is -2.35. The van der Waals surface area contributed by atoms with Crippen molar-refractivity contribution in [2.24, 2.45) is 17.8 Å². The number of alkyl halides is 3. The average molecular weight is 664 g/mol. The van der Waals surface area contributed by atoms with E-state index >= 15 is 0 Å². The molecule has 3 aromatic carbocycles. The first-order chi connectivity index (χ1) is 22.2. The Labute approximate surface area is 271 Å². The van der Waals surface area contributed by atoms with E-state index in [9.17, 15) is 27.6 Å². The van der Waals surface area contributed by atoms with Gasteiger partial charge >= 0.3 is 12.1 Å². The second-order valence-corrected chi connectivity index (χ2v) is 18.6. The molecule has 8 nitrogen and oxygen atoms in total. The Morgan fingerprint density at radius 2 is 1.66 bits per heavy atom. The molecule has 0 amide bonds. The van der Waals surface area contributed by atoms with Crippen LogP contribution in [0.5, 0.6) is 5.75 Å². The third-order valence-electron chi connectivity index (χ3n) is 8.44. The predicted octanol–water partition coefficient (Wildman–Crippen LogP) is 7.27. The zero-order valence-electron chi connectivity index (χ0n) is 26.4. The zero-order valence-corrected chi connectivity index (χ0v) is 27.4. The molecule has 47 heavy (non-hydrogen) atoms. The van der Waals surface area contributed by atoms with E-state index < -0.39 is 49.1 Å². The molecule has 12 heteroatoms. The number of fused-ring (bicyclic) bond motifs is 1. The van der Waals surface area contributed by atoms with E-state index in [1.165, 1.54) is 0 Å². The summed E-state index contributed by atoms with van der Waals surface area (Å²) in [5.74, 6) is -2.80. The molecule has 1 heterocycles. The van der Waals surface area contributed by atoms with Crippen LogP contribution in [-0.2, 0) is 22.3 Å². The van der Waals surface area contributed by atoms with Gasteiger partial charge in [0.25, 0.3) is 5.56 Å². The van der Waals surface area contributed by atoms with Crippen molar-refractivity contribution in [1.82, 2.24) is 15.0 Å². The first-order valence-corrected chi connectivity index (χ1v) is 19.1. The minimum Gasteiger partial charge on any atom is -0.489 e. The van der Waals surface area contributed by atoms with Crippen LogP contribution in [-0.4, -0.2) is 41.4 Å². The lowest BCUT2D eigenvalue weighted by molar-refractivity contribution is -0.149. The average Bonchev–Trinajstić information content (AvgIpc) is 3.48. The minimum atomic E-state index is -4.66. The van der Waals surface area contributed by atoms with Gasteiger partial charge in [-0.25, -0.2) is 0 Å². The van der Waals surface area contributed by atoms with E-state index in [2.05, 4.69) is 36.5 Å². The predicted molar refractivity (Wildman–Crippen MR) is 174 cm³/mol. The Hall–Kier alpha value is -4.58. The summed E-state index contributed by atoms with van der Waals surface area (Å²) in [5, 5.41) is 7.59. The molecule has 3 unspecified atom stereocenters. The molecule has 0 spiro atoms. The Morgan fingerprint density at radius 3 is 2.32 bits per heavy atom. The van der Waals surface area contributed by atoms with Crippen molar-refractivity contribution in [2.45, 2.75) is 51.3 Å². The quantitative estimate of drug-likeness (QED) is 0.0946. The summed E-state index contributed by atoms with van der Waals surface area (Å²) in [6.07, 6.45) is -4.06. The molecule has 0 aliphatic heterocycles. The maximum atomic E-state index is 13.9. The van der Waals surface area contributed by atoms with Gasteiger partial charge in [-0.15, -0.1) is 5.10 Å². The highest BCUT2D eigenvalue weighted by atomic mass is 28.3. The fourth-order valence-electron chi connectivity index (χ4n) is 5.78. The maximum absolute atomic E-state index is 13.9. The molecule has 1 aromatic heterocycles. The maximum Gasteiger partial charge on any atom is 0.416 e. The molecule has 0 bridgehead atoms. The van der Waals surface area contributed by atoms with Gasteiger partial charge in [-0.2, -0.15) is 17.9 Å². The molecule has 4 aromatic rings. The lowest BCUT2D eigenvalue weighted by Gasteiger charge is -2.25. The van der Waals surface area contributed by atoms with Crippen molar-refractivity contribution >= 4 is 36.4 Å². The third-order valence-corrected chi connectivity index (χ3v) is 10.1. The van der Waals surface area contributed by atoms with Gasteiger partial charge in [0.1, 0.15) is 17.9 Å². The van der Waals surface area contributed by atoms with E-state index in [1.54, 1.807) is 24.3 Å². The van der Waals surface area contributed by atoms with E-state index in [-0.39, 0.29) is 29.0 Å². The van der Waals surface area contributed by atoms with Crippen molar-refractivity contribution in [1.29, 1.82) is 0 Å². The smallest absolute Gasteiger partial charge is 0.416 e. The molecule has 0 N–H and O–H groups in total. The third kappa shape index (κ3) is 7.87. The SMILES string of the molecule is C=C(C1CCC(C(=O)c2ccc(OCc3ccccc3)cc2)C1C(=O)OCC[Si](C)(C)C)n1nnc2ccc(C(F)(F)F)cc2c1=O. The number of carbonyl (C=O) groups excluding carboxylic acids is 2. The van der Waals surface area contributed by atoms with Crippen LogP contribution in [0.25, 0.3) is 16.6 Å². The first kappa shape index (κ1) is 33.8. The highest BCUT2D eigenvalue weighted by molar-refractivity contribution is 6.76. The number of benzene rings is 3. The number of hydrogen-bond donors (Lipinski definition) is 0. The van der Waals surface area contributed by atoms with Crippen LogP contribution >= 0.6 is 0 Å². The molecular formula is C35H36F3N3O5Si. The Kier molecular flexibility index (Phi) is 9.80. The molecule has 1 aliphatic carbocycles. The standard InChI is InChI=1S/C35H36F3N3O5Si/c1-22(41-33(43)29-20-25(35(36,37)38)12-17-30(29)39-40-41)27-15-16-28(31(27)34(44)45-18-19-47(2,3)4)32(42)24-10-13-26(14-11-24)46-21-23-8-6-5-7-9-23/h5-14,17,20,27-28,31H,1,15-16,18-19,21H2,2-4H3. The number of hydrogen-bond acceptors (Lipinski definition) is 7. The summed E-state index contributed by atoms with van der Waals surface area (Å²) in [6, 6.07) is 19.7. The second kappa shape index (κ2) is 13.6. The molecule has 1 aliphatic rings. The molecule has 0 saturated heterocycles. The zero-order chi connectivity index (χ0) is 33.9. The van der Waals surface area contributed by atoms with Crippen LogP contribution in [0.1, 0.15) is 34.3 Å². The van der Waals surface area contributed by atoms with Crippen molar-refractivity contribution in [3.63, 3.8) is 0 Å². The number of nitrogens with zero attached hydrogens (tertiary/aromatic N) is 3. The summed E-state index contributed by atoms with van der Waals surface area (Å²) in [7, 11) is -1.55. The van der Waals surface area contributed by atoms with Crippen molar-refractivity contribution in [3.8, 4) is 5.75 Å². The van der Waals surface area contributed by atoms with E-state index in [1.807, 2.05) is 30.3 Å². The van der Waals surface area contributed by atoms with Gasteiger partial charge in [0.2, 0.25) is 0 Å². The summed E-state index contributed by atoms with van der Waals surface area (Å²) >= 11 is 0. The highest BCUT2D eigenvalue weighted by Gasteiger charge is 2.47. The number of carbonyl (C=O) groups is 2. The molecule has 0 radical (unpaired) electrons. The van der Waals surface area contributed by atoms with Crippen LogP contribution in [0.3, 0.4) is 0 Å². The fourth-order valence-corrected chi connectivity index (χ4v) is 6.50. The molecule has 1 fully saturated rings. The van der Waals surface area contributed by atoms with Crippen molar-refractivity contribution < 1.29 is 32.2 Å². The first-order valence-electron chi connectivity index (χ1n) is 15.4. The minimum absolute atomic E-state index is 0.00923.